The van der Waals surface area contributed by atoms with Gasteiger partial charge in [-0.2, -0.15) is 0 Å². The van der Waals surface area contributed by atoms with Gasteiger partial charge in [0.05, 0.1) is 26.0 Å². The normalized spacial score (nSPS) is 10.7. The second-order valence-corrected chi connectivity index (χ2v) is 7.56. The number of aromatic nitrogens is 1. The Kier molecular flexibility index (Phi) is 4.99. The van der Waals surface area contributed by atoms with Crippen molar-refractivity contribution in [1.82, 2.24) is 4.98 Å². The fourth-order valence-corrected chi connectivity index (χ4v) is 4.13. The van der Waals surface area contributed by atoms with Crippen LogP contribution in [-0.4, -0.2) is 10.9 Å². The molecule has 2 N–H and O–H groups in total. The summed E-state index contributed by atoms with van der Waals surface area (Å²) in [6.07, 6.45) is 0. The number of thiazole rings is 1. The minimum Gasteiger partial charge on any atom is -0.332 e. The average molecular weight is 414 g/mol. The highest BCUT2D eigenvalue weighted by Gasteiger charge is 2.17. The molecule has 4 aromatic rings. The Morgan fingerprint density at radius 1 is 0.889 bits per heavy atom. The largest absolute Gasteiger partial charge is 0.332 e. The first-order chi connectivity index (χ1) is 13.1. The van der Waals surface area contributed by atoms with E-state index in [-0.39, 0.29) is 11.5 Å². The lowest BCUT2D eigenvalue weighted by Gasteiger charge is -2.08. The number of para-hydroxylation sites is 2. The summed E-state index contributed by atoms with van der Waals surface area (Å²) < 4.78 is 0.955. The van der Waals surface area contributed by atoms with Gasteiger partial charge in [0.2, 0.25) is 0 Å². The summed E-state index contributed by atoms with van der Waals surface area (Å²) in [6.45, 7) is 0. The van der Waals surface area contributed by atoms with E-state index in [1.165, 1.54) is 11.3 Å². The number of anilines is 3. The first kappa shape index (κ1) is 17.8. The number of rotatable bonds is 4. The van der Waals surface area contributed by atoms with Crippen LogP contribution in [0, 0.1) is 0 Å². The van der Waals surface area contributed by atoms with Crippen molar-refractivity contribution in [2.24, 2.45) is 0 Å². The molecular formula is C20H13Cl2N3OS. The van der Waals surface area contributed by atoms with E-state index in [1.54, 1.807) is 24.3 Å². The molecule has 7 heteroatoms. The van der Waals surface area contributed by atoms with E-state index in [0.717, 1.165) is 15.5 Å². The van der Waals surface area contributed by atoms with Crippen molar-refractivity contribution in [3.63, 3.8) is 0 Å². The highest BCUT2D eigenvalue weighted by molar-refractivity contribution is 7.22. The van der Waals surface area contributed by atoms with Crippen LogP contribution in [0.2, 0.25) is 10.0 Å². The molecule has 3 aromatic carbocycles. The number of hydrogen-bond donors (Lipinski definition) is 2. The van der Waals surface area contributed by atoms with Gasteiger partial charge in [-0.25, -0.2) is 4.98 Å². The lowest BCUT2D eigenvalue weighted by molar-refractivity contribution is 0.102. The van der Waals surface area contributed by atoms with Crippen molar-refractivity contribution in [3.05, 3.63) is 82.3 Å². The second kappa shape index (κ2) is 7.56. The third kappa shape index (κ3) is 3.76. The van der Waals surface area contributed by atoms with Crippen LogP contribution < -0.4 is 10.6 Å². The van der Waals surface area contributed by atoms with Gasteiger partial charge in [-0.15, -0.1) is 0 Å². The summed E-state index contributed by atoms with van der Waals surface area (Å²) in [4.78, 5) is 17.3. The van der Waals surface area contributed by atoms with Gasteiger partial charge in [0.25, 0.3) is 5.91 Å². The maximum Gasteiger partial charge on any atom is 0.258 e. The summed E-state index contributed by atoms with van der Waals surface area (Å²) in [7, 11) is 0. The molecule has 1 heterocycles. The predicted octanol–water partition coefficient (Wildman–Crippen LogP) is 6.60. The Morgan fingerprint density at radius 3 is 2.33 bits per heavy atom. The first-order valence-electron chi connectivity index (χ1n) is 8.09. The van der Waals surface area contributed by atoms with Gasteiger partial charge in [0.1, 0.15) is 5.52 Å². The quantitative estimate of drug-likeness (QED) is 0.396. The van der Waals surface area contributed by atoms with Crippen molar-refractivity contribution < 1.29 is 4.79 Å². The Labute approximate surface area is 169 Å². The van der Waals surface area contributed by atoms with E-state index in [0.29, 0.717) is 21.2 Å². The smallest absolute Gasteiger partial charge is 0.258 e. The van der Waals surface area contributed by atoms with E-state index in [2.05, 4.69) is 15.6 Å². The molecule has 0 saturated carbocycles. The molecule has 0 atom stereocenters. The SMILES string of the molecule is O=C(Nc1cccc2sc(Nc3ccccc3)nc12)c1c(Cl)cccc1Cl. The third-order valence-electron chi connectivity index (χ3n) is 3.88. The summed E-state index contributed by atoms with van der Waals surface area (Å²) >= 11 is 13.8. The van der Waals surface area contributed by atoms with Crippen molar-refractivity contribution in [2.45, 2.75) is 0 Å². The number of nitrogens with one attached hydrogen (secondary N) is 2. The zero-order valence-corrected chi connectivity index (χ0v) is 16.2. The molecule has 1 aromatic heterocycles. The minimum absolute atomic E-state index is 0.246. The number of fused-ring (bicyclic) bond motifs is 1. The molecule has 0 bridgehead atoms. The molecule has 0 aliphatic carbocycles. The highest BCUT2D eigenvalue weighted by atomic mass is 35.5. The van der Waals surface area contributed by atoms with Gasteiger partial charge in [-0.3, -0.25) is 4.79 Å². The maximum atomic E-state index is 12.7. The summed E-state index contributed by atoms with van der Waals surface area (Å²) in [5.41, 5.74) is 2.50. The van der Waals surface area contributed by atoms with Crippen molar-refractivity contribution >= 4 is 67.2 Å². The van der Waals surface area contributed by atoms with Crippen molar-refractivity contribution in [2.75, 3.05) is 10.6 Å². The standard InChI is InChI=1S/C20H13Cl2N3OS/c21-13-8-4-9-14(22)17(13)19(26)24-15-10-5-11-16-18(15)25-20(27-16)23-12-6-2-1-3-7-12/h1-11H,(H,23,25)(H,24,26). The number of nitrogens with zero attached hydrogens (tertiary/aromatic N) is 1. The molecule has 0 saturated heterocycles. The van der Waals surface area contributed by atoms with E-state index < -0.39 is 0 Å². The lowest BCUT2D eigenvalue weighted by Crippen LogP contribution is -2.13. The average Bonchev–Trinajstić information content (AvgIpc) is 3.06. The predicted molar refractivity (Wildman–Crippen MR) is 114 cm³/mol. The second-order valence-electron chi connectivity index (χ2n) is 5.71. The molecule has 0 spiro atoms. The number of carbonyl (C=O) groups is 1. The number of carbonyl (C=O) groups excluding carboxylic acids is 1. The molecule has 4 nitrogen and oxygen atoms in total. The van der Waals surface area contributed by atoms with Gasteiger partial charge in [0.15, 0.2) is 5.13 Å². The maximum absolute atomic E-state index is 12.7. The van der Waals surface area contributed by atoms with E-state index >= 15 is 0 Å². The van der Waals surface area contributed by atoms with Gasteiger partial charge in [-0.05, 0) is 36.4 Å². The van der Waals surface area contributed by atoms with Crippen LogP contribution in [0.15, 0.2) is 66.7 Å². The van der Waals surface area contributed by atoms with E-state index in [1.807, 2.05) is 42.5 Å². The van der Waals surface area contributed by atoms with Crippen LogP contribution in [0.25, 0.3) is 10.2 Å². The summed E-state index contributed by atoms with van der Waals surface area (Å²) in [5, 5.41) is 7.49. The number of benzene rings is 3. The Morgan fingerprint density at radius 2 is 1.59 bits per heavy atom. The van der Waals surface area contributed by atoms with Crippen LogP contribution in [0.1, 0.15) is 10.4 Å². The monoisotopic (exact) mass is 413 g/mol. The molecular weight excluding hydrogens is 401 g/mol. The molecule has 0 unspecified atom stereocenters. The van der Waals surface area contributed by atoms with Crippen LogP contribution >= 0.6 is 34.5 Å². The third-order valence-corrected chi connectivity index (χ3v) is 5.45. The number of hydrogen-bond acceptors (Lipinski definition) is 4. The van der Waals surface area contributed by atoms with Crippen molar-refractivity contribution in [1.29, 1.82) is 0 Å². The first-order valence-corrected chi connectivity index (χ1v) is 9.66. The van der Waals surface area contributed by atoms with Crippen LogP contribution in [0.4, 0.5) is 16.5 Å². The molecule has 4 rings (SSSR count). The Balaban J connectivity index is 1.65. The van der Waals surface area contributed by atoms with Gasteiger partial charge < -0.3 is 10.6 Å². The van der Waals surface area contributed by atoms with E-state index in [4.69, 9.17) is 23.2 Å². The number of halogens is 2. The topological polar surface area (TPSA) is 54.0 Å². The van der Waals surface area contributed by atoms with Crippen LogP contribution in [0.5, 0.6) is 0 Å². The summed E-state index contributed by atoms with van der Waals surface area (Å²) in [5.74, 6) is -0.372. The Bertz CT molecular complexity index is 1110. The molecule has 1 amide bonds. The van der Waals surface area contributed by atoms with Crippen molar-refractivity contribution in [3.8, 4) is 0 Å². The van der Waals surface area contributed by atoms with Gasteiger partial charge in [-0.1, -0.05) is 64.9 Å². The number of amides is 1. The molecule has 0 radical (unpaired) electrons. The molecule has 0 aliphatic rings. The van der Waals surface area contributed by atoms with E-state index in [9.17, 15) is 4.79 Å². The fraction of sp³-hybridized carbons (Fsp3) is 0. The van der Waals surface area contributed by atoms with Crippen LogP contribution in [0.3, 0.4) is 0 Å². The molecule has 0 fully saturated rings. The lowest BCUT2D eigenvalue weighted by atomic mass is 10.2. The molecule has 0 aliphatic heterocycles. The highest BCUT2D eigenvalue weighted by Crippen LogP contribution is 2.33. The fourth-order valence-electron chi connectivity index (χ4n) is 2.65. The molecule has 134 valence electrons. The van der Waals surface area contributed by atoms with Gasteiger partial charge in [0, 0.05) is 5.69 Å². The zero-order chi connectivity index (χ0) is 18.8. The van der Waals surface area contributed by atoms with Gasteiger partial charge >= 0.3 is 0 Å². The molecule has 27 heavy (non-hydrogen) atoms. The Hall–Kier alpha value is -2.60. The summed E-state index contributed by atoms with van der Waals surface area (Å²) in [6, 6.07) is 20.4. The van der Waals surface area contributed by atoms with Crippen LogP contribution in [-0.2, 0) is 0 Å². The zero-order valence-electron chi connectivity index (χ0n) is 13.9. The minimum atomic E-state index is -0.372.